The number of carboxylic acid groups (broad SMARTS) is 2. The molecule has 11 heteroatoms. The quantitative estimate of drug-likeness (QED) is 0.259. The highest BCUT2D eigenvalue weighted by molar-refractivity contribution is 5.85. The number of aryl methyl sites for hydroxylation is 1. The van der Waals surface area contributed by atoms with Gasteiger partial charge in [-0.3, -0.25) is 4.79 Å². The second kappa shape index (κ2) is 11.8. The molecule has 188 valence electrons. The van der Waals surface area contributed by atoms with E-state index in [0.29, 0.717) is 17.7 Å². The maximum Gasteiger partial charge on any atom is 0.328 e. The molecular formula is C24H26O11. The van der Waals surface area contributed by atoms with E-state index in [1.54, 1.807) is 24.3 Å². The fourth-order valence-corrected chi connectivity index (χ4v) is 3.43. The summed E-state index contributed by atoms with van der Waals surface area (Å²) in [5, 5.41) is 57.4. The van der Waals surface area contributed by atoms with Gasteiger partial charge in [-0.05, 0) is 47.9 Å². The van der Waals surface area contributed by atoms with Gasteiger partial charge in [-0.1, -0.05) is 18.2 Å². The number of aliphatic hydroxyl groups excluding tert-OH is 4. The molecule has 0 radical (unpaired) electrons. The molecule has 0 aliphatic carbocycles. The first-order valence-electron chi connectivity index (χ1n) is 10.7. The van der Waals surface area contributed by atoms with Gasteiger partial charge in [0.05, 0.1) is 6.61 Å². The lowest BCUT2D eigenvalue weighted by molar-refractivity contribution is -0.282. The highest BCUT2D eigenvalue weighted by Gasteiger charge is 2.45. The lowest BCUT2D eigenvalue weighted by Gasteiger charge is -2.40. The van der Waals surface area contributed by atoms with Gasteiger partial charge in [0, 0.05) is 12.5 Å². The normalized spacial score (nSPS) is 24.3. The molecule has 3 rings (SSSR count). The summed E-state index contributed by atoms with van der Waals surface area (Å²) in [7, 11) is 0. The molecule has 0 spiro atoms. The standard InChI is InChI=1S/C24H26O11/c25-12-18-23(21(30)22(31)24(32)35-18)34-16-8-3-14(5-10-20(28)29)11-17(16)33-15-6-1-13(2-7-15)4-9-19(26)27/h1-3,5-8,10-11,18,21-25,30-32H,4,9,12H2,(H,26,27)(H,28,29)/b10-5+/t18-,21-,22-,23-,24-/m1/s1. The summed E-state index contributed by atoms with van der Waals surface area (Å²) in [6.07, 6.45) is -4.80. The molecule has 1 aliphatic rings. The summed E-state index contributed by atoms with van der Waals surface area (Å²) in [4.78, 5) is 21.6. The van der Waals surface area contributed by atoms with Crippen molar-refractivity contribution in [3.63, 3.8) is 0 Å². The Labute approximate surface area is 200 Å². The van der Waals surface area contributed by atoms with E-state index in [2.05, 4.69) is 0 Å². The average molecular weight is 490 g/mol. The molecule has 0 unspecified atom stereocenters. The first kappa shape index (κ1) is 26.1. The SMILES string of the molecule is O=C(O)/C=C/c1ccc(O[C@H]2[C@H](O)[C@@H](O)[C@H](O)O[C@@H]2CO)c(Oc2ccc(CCC(=O)O)cc2)c1. The number of aliphatic carboxylic acids is 2. The van der Waals surface area contributed by atoms with Crippen LogP contribution in [0.1, 0.15) is 17.5 Å². The van der Waals surface area contributed by atoms with Gasteiger partial charge in [0.25, 0.3) is 0 Å². The number of ether oxygens (including phenoxy) is 3. The van der Waals surface area contributed by atoms with Crippen LogP contribution in [0.2, 0.25) is 0 Å². The Bertz CT molecular complexity index is 1050. The number of carboxylic acids is 2. The minimum atomic E-state index is -1.71. The van der Waals surface area contributed by atoms with Crippen molar-refractivity contribution in [1.82, 2.24) is 0 Å². The highest BCUT2D eigenvalue weighted by Crippen LogP contribution is 2.36. The van der Waals surface area contributed by atoms with Crippen molar-refractivity contribution in [2.45, 2.75) is 43.5 Å². The minimum Gasteiger partial charge on any atom is -0.481 e. The molecule has 2 aromatic rings. The van der Waals surface area contributed by atoms with Crippen molar-refractivity contribution >= 4 is 18.0 Å². The molecule has 0 amide bonds. The van der Waals surface area contributed by atoms with Crippen LogP contribution in [0.4, 0.5) is 0 Å². The second-order valence-electron chi connectivity index (χ2n) is 7.83. The van der Waals surface area contributed by atoms with Crippen LogP contribution in [0.15, 0.2) is 48.5 Å². The first-order chi connectivity index (χ1) is 16.7. The third kappa shape index (κ3) is 7.01. The van der Waals surface area contributed by atoms with Crippen LogP contribution < -0.4 is 9.47 Å². The van der Waals surface area contributed by atoms with Crippen LogP contribution in [0, 0.1) is 0 Å². The molecule has 0 aromatic heterocycles. The molecule has 11 nitrogen and oxygen atoms in total. The molecule has 2 aromatic carbocycles. The second-order valence-corrected chi connectivity index (χ2v) is 7.83. The molecule has 0 bridgehead atoms. The molecular weight excluding hydrogens is 464 g/mol. The molecule has 6 N–H and O–H groups in total. The van der Waals surface area contributed by atoms with Crippen molar-refractivity contribution in [3.05, 3.63) is 59.7 Å². The Hall–Kier alpha value is -3.48. The smallest absolute Gasteiger partial charge is 0.328 e. The van der Waals surface area contributed by atoms with Crippen molar-refractivity contribution in [2.24, 2.45) is 0 Å². The molecule has 5 atom stereocenters. The molecule has 35 heavy (non-hydrogen) atoms. The summed E-state index contributed by atoms with van der Waals surface area (Å²) in [6, 6.07) is 11.1. The van der Waals surface area contributed by atoms with Gasteiger partial charge in [0.1, 0.15) is 24.1 Å². The number of rotatable bonds is 10. The number of carbonyl (C=O) groups is 2. The zero-order valence-corrected chi connectivity index (χ0v) is 18.4. The molecule has 1 aliphatic heterocycles. The zero-order chi connectivity index (χ0) is 25.5. The maximum absolute atomic E-state index is 10.9. The molecule has 0 saturated carbocycles. The van der Waals surface area contributed by atoms with Gasteiger partial charge in [-0.25, -0.2) is 4.79 Å². The Balaban J connectivity index is 1.88. The van der Waals surface area contributed by atoms with Gasteiger partial charge in [0.2, 0.25) is 0 Å². The fourth-order valence-electron chi connectivity index (χ4n) is 3.43. The number of hydrogen-bond acceptors (Lipinski definition) is 9. The largest absolute Gasteiger partial charge is 0.481 e. The van der Waals surface area contributed by atoms with Gasteiger partial charge in [0.15, 0.2) is 23.9 Å². The summed E-state index contributed by atoms with van der Waals surface area (Å²) in [5.41, 5.74) is 1.25. The molecule has 1 fully saturated rings. The van der Waals surface area contributed by atoms with Crippen molar-refractivity contribution in [3.8, 4) is 17.2 Å². The lowest BCUT2D eigenvalue weighted by atomic mass is 9.99. The Morgan fingerprint density at radius 3 is 2.31 bits per heavy atom. The van der Waals surface area contributed by atoms with Crippen molar-refractivity contribution in [1.29, 1.82) is 0 Å². The van der Waals surface area contributed by atoms with E-state index in [1.807, 2.05) is 0 Å². The van der Waals surface area contributed by atoms with Crippen LogP contribution in [0.25, 0.3) is 6.08 Å². The van der Waals surface area contributed by atoms with E-state index in [9.17, 15) is 30.0 Å². The van der Waals surface area contributed by atoms with E-state index >= 15 is 0 Å². The van der Waals surface area contributed by atoms with Gasteiger partial charge >= 0.3 is 11.9 Å². The predicted molar refractivity (Wildman–Crippen MR) is 120 cm³/mol. The van der Waals surface area contributed by atoms with Gasteiger partial charge in [-0.15, -0.1) is 0 Å². The summed E-state index contributed by atoms with van der Waals surface area (Å²) in [5.74, 6) is -1.48. The first-order valence-corrected chi connectivity index (χ1v) is 10.7. The molecule has 1 saturated heterocycles. The Morgan fingerprint density at radius 2 is 1.69 bits per heavy atom. The predicted octanol–water partition coefficient (Wildman–Crippen LogP) is 0.773. The third-order valence-corrected chi connectivity index (χ3v) is 5.27. The topological polar surface area (TPSA) is 183 Å². The third-order valence-electron chi connectivity index (χ3n) is 5.27. The Morgan fingerprint density at radius 1 is 0.971 bits per heavy atom. The molecule has 1 heterocycles. The van der Waals surface area contributed by atoms with E-state index in [1.165, 1.54) is 24.3 Å². The summed E-state index contributed by atoms with van der Waals surface area (Å²) < 4.78 is 16.9. The van der Waals surface area contributed by atoms with E-state index in [-0.39, 0.29) is 17.9 Å². The van der Waals surface area contributed by atoms with Crippen LogP contribution in [-0.2, 0) is 20.7 Å². The van der Waals surface area contributed by atoms with Gasteiger partial charge in [-0.2, -0.15) is 0 Å². The van der Waals surface area contributed by atoms with Crippen molar-refractivity contribution < 1.29 is 54.4 Å². The van der Waals surface area contributed by atoms with E-state index in [0.717, 1.165) is 11.6 Å². The average Bonchev–Trinajstić information content (AvgIpc) is 2.83. The fraction of sp³-hybridized carbons (Fsp3) is 0.333. The van der Waals surface area contributed by atoms with E-state index < -0.39 is 49.3 Å². The lowest BCUT2D eigenvalue weighted by Crippen LogP contribution is -2.60. The maximum atomic E-state index is 10.9. The summed E-state index contributed by atoms with van der Waals surface area (Å²) >= 11 is 0. The van der Waals surface area contributed by atoms with Crippen LogP contribution >= 0.6 is 0 Å². The Kier molecular flexibility index (Phi) is 8.79. The number of hydrogen-bond donors (Lipinski definition) is 6. The number of aliphatic hydroxyl groups is 4. The van der Waals surface area contributed by atoms with E-state index in [4.69, 9.17) is 24.4 Å². The highest BCUT2D eigenvalue weighted by atomic mass is 16.7. The van der Waals surface area contributed by atoms with Crippen LogP contribution in [0.3, 0.4) is 0 Å². The minimum absolute atomic E-state index is 0.0193. The monoisotopic (exact) mass is 490 g/mol. The van der Waals surface area contributed by atoms with Gasteiger partial charge < -0.3 is 44.8 Å². The van der Waals surface area contributed by atoms with Crippen LogP contribution in [0.5, 0.6) is 17.2 Å². The van der Waals surface area contributed by atoms with Crippen molar-refractivity contribution in [2.75, 3.05) is 6.61 Å². The number of benzene rings is 2. The summed E-state index contributed by atoms with van der Waals surface area (Å²) in [6.45, 7) is -0.612. The van der Waals surface area contributed by atoms with Crippen LogP contribution in [-0.4, -0.2) is 79.9 Å². The zero-order valence-electron chi connectivity index (χ0n) is 18.4.